The highest BCUT2D eigenvalue weighted by atomic mass is 19.1. The predicted octanol–water partition coefficient (Wildman–Crippen LogP) is 3.71. The standard InChI is InChI=1S/C22H20F2N4O4/c23-17-3-13(19-15(5-17)9-29-11-31-19)7-27-21-22(26-2-1-25-21)28-8-14-4-18(24)6-16-10-30-12-32-20(14)16/h1-6H,7-12H2,(H,25,27)(H,26,28). The molecule has 0 unspecified atom stereocenters. The maximum Gasteiger partial charge on any atom is 0.189 e. The fraction of sp³-hybridized carbons (Fsp3) is 0.273. The number of hydrogen-bond donors (Lipinski definition) is 2. The van der Waals surface area contributed by atoms with Gasteiger partial charge in [-0.3, -0.25) is 0 Å². The fourth-order valence-corrected chi connectivity index (χ4v) is 3.73. The smallest absolute Gasteiger partial charge is 0.189 e. The lowest BCUT2D eigenvalue weighted by Crippen LogP contribution is -2.16. The van der Waals surface area contributed by atoms with Crippen molar-refractivity contribution < 1.29 is 27.7 Å². The zero-order valence-corrected chi connectivity index (χ0v) is 17.0. The van der Waals surface area contributed by atoms with Crippen LogP contribution in [0.3, 0.4) is 0 Å². The van der Waals surface area contributed by atoms with Crippen molar-refractivity contribution in [3.63, 3.8) is 0 Å². The molecular formula is C22H20F2N4O4. The van der Waals surface area contributed by atoms with Gasteiger partial charge < -0.3 is 29.6 Å². The maximum atomic E-state index is 14.0. The first-order chi connectivity index (χ1) is 15.7. The van der Waals surface area contributed by atoms with Crippen LogP contribution in [0.25, 0.3) is 0 Å². The number of fused-ring (bicyclic) bond motifs is 2. The van der Waals surface area contributed by atoms with Crippen LogP contribution in [-0.4, -0.2) is 23.6 Å². The van der Waals surface area contributed by atoms with Crippen LogP contribution in [0, 0.1) is 11.6 Å². The van der Waals surface area contributed by atoms with E-state index in [1.165, 1.54) is 24.3 Å². The Labute approximate surface area is 182 Å². The molecule has 2 N–H and O–H groups in total. The molecule has 10 heteroatoms. The van der Waals surface area contributed by atoms with Crippen molar-refractivity contribution in [2.45, 2.75) is 26.3 Å². The van der Waals surface area contributed by atoms with Gasteiger partial charge in [0.05, 0.1) is 13.2 Å². The third-order valence-corrected chi connectivity index (χ3v) is 5.09. The molecule has 1 aromatic heterocycles. The number of hydrogen-bond acceptors (Lipinski definition) is 8. The summed E-state index contributed by atoms with van der Waals surface area (Å²) in [5, 5.41) is 6.34. The third-order valence-electron chi connectivity index (χ3n) is 5.09. The molecule has 2 aromatic carbocycles. The van der Waals surface area contributed by atoms with Crippen LogP contribution in [0.5, 0.6) is 11.5 Å². The average Bonchev–Trinajstić information content (AvgIpc) is 2.81. The number of nitrogens with zero attached hydrogens (tertiary/aromatic N) is 2. The first-order valence-corrected chi connectivity index (χ1v) is 10.00. The van der Waals surface area contributed by atoms with Gasteiger partial charge >= 0.3 is 0 Å². The predicted molar refractivity (Wildman–Crippen MR) is 110 cm³/mol. The van der Waals surface area contributed by atoms with E-state index in [1.807, 2.05) is 0 Å². The van der Waals surface area contributed by atoms with Crippen LogP contribution >= 0.6 is 0 Å². The zero-order chi connectivity index (χ0) is 21.9. The maximum absolute atomic E-state index is 14.0. The molecular weight excluding hydrogens is 422 g/mol. The van der Waals surface area contributed by atoms with Gasteiger partial charge in [0.2, 0.25) is 0 Å². The Hall–Kier alpha value is -3.50. The number of anilines is 2. The van der Waals surface area contributed by atoms with Crippen LogP contribution in [0.1, 0.15) is 22.3 Å². The molecule has 0 aliphatic carbocycles. The molecule has 0 spiro atoms. The number of rotatable bonds is 6. The Bertz CT molecular complexity index is 1060. The number of ether oxygens (including phenoxy) is 4. The Morgan fingerprint density at radius 2 is 1.19 bits per heavy atom. The van der Waals surface area contributed by atoms with Gasteiger partial charge in [-0.2, -0.15) is 0 Å². The fourth-order valence-electron chi connectivity index (χ4n) is 3.73. The lowest BCUT2D eigenvalue weighted by molar-refractivity contribution is -0.0173. The molecule has 0 saturated heterocycles. The van der Waals surface area contributed by atoms with E-state index >= 15 is 0 Å². The second-order valence-electron chi connectivity index (χ2n) is 7.29. The van der Waals surface area contributed by atoms with E-state index < -0.39 is 0 Å². The average molecular weight is 442 g/mol. The van der Waals surface area contributed by atoms with Crippen molar-refractivity contribution in [3.8, 4) is 11.5 Å². The largest absolute Gasteiger partial charge is 0.467 e. The number of halogens is 2. The highest BCUT2D eigenvalue weighted by Gasteiger charge is 2.19. The zero-order valence-electron chi connectivity index (χ0n) is 17.0. The minimum Gasteiger partial charge on any atom is -0.467 e. The SMILES string of the molecule is Fc1cc(CNc2nccnc2NCc2cc(F)cc3c2OCOC3)c2c(c1)COCO2. The Kier molecular flexibility index (Phi) is 5.70. The molecule has 2 aliphatic heterocycles. The number of nitrogens with one attached hydrogen (secondary N) is 2. The Balaban J connectivity index is 1.33. The Morgan fingerprint density at radius 3 is 1.66 bits per heavy atom. The highest BCUT2D eigenvalue weighted by Crippen LogP contribution is 2.32. The summed E-state index contributed by atoms with van der Waals surface area (Å²) in [4.78, 5) is 8.65. The number of benzene rings is 2. The van der Waals surface area contributed by atoms with Crippen molar-refractivity contribution >= 4 is 11.6 Å². The van der Waals surface area contributed by atoms with E-state index in [2.05, 4.69) is 20.6 Å². The van der Waals surface area contributed by atoms with Gasteiger partial charge in [-0.25, -0.2) is 18.7 Å². The summed E-state index contributed by atoms with van der Waals surface area (Å²) in [5.41, 5.74) is 2.61. The van der Waals surface area contributed by atoms with Crippen molar-refractivity contribution in [3.05, 3.63) is 70.5 Å². The van der Waals surface area contributed by atoms with Crippen molar-refractivity contribution in [2.75, 3.05) is 24.2 Å². The minimum absolute atomic E-state index is 0.120. The Morgan fingerprint density at radius 1 is 0.719 bits per heavy atom. The molecule has 0 saturated carbocycles. The molecule has 0 amide bonds. The van der Waals surface area contributed by atoms with Crippen molar-refractivity contribution in [1.82, 2.24) is 9.97 Å². The van der Waals surface area contributed by atoms with Crippen molar-refractivity contribution in [1.29, 1.82) is 0 Å². The van der Waals surface area contributed by atoms with Gasteiger partial charge in [0.25, 0.3) is 0 Å². The molecule has 0 bridgehead atoms. The van der Waals surface area contributed by atoms with Crippen LogP contribution in [0.15, 0.2) is 36.7 Å². The summed E-state index contributed by atoms with van der Waals surface area (Å²) in [7, 11) is 0. The summed E-state index contributed by atoms with van der Waals surface area (Å²) < 4.78 is 49.6. The molecule has 166 valence electrons. The summed E-state index contributed by atoms with van der Waals surface area (Å²) in [6.07, 6.45) is 3.09. The lowest BCUT2D eigenvalue weighted by atomic mass is 10.1. The van der Waals surface area contributed by atoms with Crippen LogP contribution in [0.4, 0.5) is 20.4 Å². The molecule has 0 atom stereocenters. The second kappa shape index (κ2) is 8.93. The van der Waals surface area contributed by atoms with E-state index in [4.69, 9.17) is 18.9 Å². The van der Waals surface area contributed by atoms with E-state index in [0.29, 0.717) is 58.6 Å². The van der Waals surface area contributed by atoms with Crippen LogP contribution < -0.4 is 20.1 Å². The van der Waals surface area contributed by atoms with Gasteiger partial charge in [0.1, 0.15) is 23.1 Å². The van der Waals surface area contributed by atoms with Gasteiger partial charge in [0, 0.05) is 47.7 Å². The number of aromatic nitrogens is 2. The van der Waals surface area contributed by atoms with E-state index in [1.54, 1.807) is 12.4 Å². The molecule has 8 nitrogen and oxygen atoms in total. The minimum atomic E-state index is -0.369. The van der Waals surface area contributed by atoms with Gasteiger partial charge in [-0.1, -0.05) is 0 Å². The summed E-state index contributed by atoms with van der Waals surface area (Å²) >= 11 is 0. The molecule has 32 heavy (non-hydrogen) atoms. The molecule has 0 fully saturated rings. The summed E-state index contributed by atoms with van der Waals surface area (Å²) in [6, 6.07) is 5.64. The van der Waals surface area contributed by atoms with E-state index in [-0.39, 0.29) is 38.3 Å². The van der Waals surface area contributed by atoms with Crippen molar-refractivity contribution in [2.24, 2.45) is 0 Å². The molecule has 5 rings (SSSR count). The molecule has 3 aromatic rings. The molecule has 0 radical (unpaired) electrons. The van der Waals surface area contributed by atoms with Gasteiger partial charge in [-0.05, 0) is 24.3 Å². The monoisotopic (exact) mass is 442 g/mol. The van der Waals surface area contributed by atoms with Gasteiger partial charge in [-0.15, -0.1) is 0 Å². The first-order valence-electron chi connectivity index (χ1n) is 10.00. The van der Waals surface area contributed by atoms with Crippen LogP contribution in [-0.2, 0) is 35.8 Å². The topological polar surface area (TPSA) is 86.8 Å². The first kappa shape index (κ1) is 20.4. The quantitative estimate of drug-likeness (QED) is 0.598. The van der Waals surface area contributed by atoms with E-state index in [0.717, 1.165) is 0 Å². The third kappa shape index (κ3) is 4.27. The summed E-state index contributed by atoms with van der Waals surface area (Å²) in [5.74, 6) is 1.40. The second-order valence-corrected chi connectivity index (χ2v) is 7.29. The van der Waals surface area contributed by atoms with Crippen LogP contribution in [0.2, 0.25) is 0 Å². The molecule has 3 heterocycles. The highest BCUT2D eigenvalue weighted by molar-refractivity contribution is 5.60. The summed E-state index contributed by atoms with van der Waals surface area (Å²) in [6.45, 7) is 1.36. The van der Waals surface area contributed by atoms with E-state index in [9.17, 15) is 8.78 Å². The lowest BCUT2D eigenvalue weighted by Gasteiger charge is -2.22. The normalized spacial score (nSPS) is 14.6. The van der Waals surface area contributed by atoms with Gasteiger partial charge in [0.15, 0.2) is 25.2 Å². The molecule has 2 aliphatic rings.